The highest BCUT2D eigenvalue weighted by Gasteiger charge is 2.17. The fourth-order valence-electron chi connectivity index (χ4n) is 2.47. The molecular formula is C19H22Cl2O4S. The quantitative estimate of drug-likeness (QED) is 0.645. The molecule has 0 fully saturated rings. The topological polar surface area (TPSA) is 63.6 Å². The average molecular weight is 417 g/mol. The SMILES string of the molecule is CC(C)(O)CCCOc1cc(-c2ccc(Cl)c(Cl)c2)ccc1S(C)(=O)=O. The molecule has 2 aromatic rings. The van der Waals surface area contributed by atoms with Crippen LogP contribution in [0.4, 0.5) is 0 Å². The second kappa shape index (κ2) is 8.17. The van der Waals surface area contributed by atoms with Crippen molar-refractivity contribution in [1.29, 1.82) is 0 Å². The van der Waals surface area contributed by atoms with E-state index in [4.69, 9.17) is 27.9 Å². The third kappa shape index (κ3) is 5.88. The van der Waals surface area contributed by atoms with E-state index >= 15 is 0 Å². The van der Waals surface area contributed by atoms with Crippen molar-refractivity contribution in [3.05, 3.63) is 46.4 Å². The first kappa shape index (κ1) is 21.0. The zero-order valence-electron chi connectivity index (χ0n) is 14.9. The van der Waals surface area contributed by atoms with E-state index in [0.29, 0.717) is 29.5 Å². The maximum Gasteiger partial charge on any atom is 0.179 e. The second-order valence-corrected chi connectivity index (χ2v) is 9.63. The van der Waals surface area contributed by atoms with Gasteiger partial charge in [0, 0.05) is 6.26 Å². The molecule has 0 bridgehead atoms. The van der Waals surface area contributed by atoms with Crippen molar-refractivity contribution in [2.45, 2.75) is 37.2 Å². The molecule has 0 amide bonds. The first-order chi connectivity index (χ1) is 12.0. The molecule has 0 heterocycles. The van der Waals surface area contributed by atoms with Crippen molar-refractivity contribution in [1.82, 2.24) is 0 Å². The number of benzene rings is 2. The fourth-order valence-corrected chi connectivity index (χ4v) is 3.57. The number of ether oxygens (including phenoxy) is 1. The van der Waals surface area contributed by atoms with Crippen LogP contribution in [0.5, 0.6) is 5.75 Å². The smallest absolute Gasteiger partial charge is 0.179 e. The van der Waals surface area contributed by atoms with Crippen LogP contribution in [0, 0.1) is 0 Å². The van der Waals surface area contributed by atoms with Crippen LogP contribution in [0.15, 0.2) is 41.3 Å². The average Bonchev–Trinajstić information content (AvgIpc) is 2.52. The summed E-state index contributed by atoms with van der Waals surface area (Å²) >= 11 is 12.0. The molecule has 142 valence electrons. The lowest BCUT2D eigenvalue weighted by molar-refractivity contribution is 0.0640. The van der Waals surface area contributed by atoms with Crippen LogP contribution in [0.1, 0.15) is 26.7 Å². The van der Waals surface area contributed by atoms with E-state index in [0.717, 1.165) is 17.4 Å². The molecule has 4 nitrogen and oxygen atoms in total. The Balaban J connectivity index is 2.31. The third-order valence-corrected chi connectivity index (χ3v) is 5.66. The van der Waals surface area contributed by atoms with E-state index in [1.807, 2.05) is 6.07 Å². The molecule has 26 heavy (non-hydrogen) atoms. The van der Waals surface area contributed by atoms with Crippen LogP contribution >= 0.6 is 23.2 Å². The molecular weight excluding hydrogens is 395 g/mol. The van der Waals surface area contributed by atoms with Gasteiger partial charge in [-0.2, -0.15) is 0 Å². The van der Waals surface area contributed by atoms with Crippen molar-refractivity contribution in [3.8, 4) is 16.9 Å². The van der Waals surface area contributed by atoms with Gasteiger partial charge in [-0.3, -0.25) is 0 Å². The summed E-state index contributed by atoms with van der Waals surface area (Å²) in [6.45, 7) is 3.75. The summed E-state index contributed by atoms with van der Waals surface area (Å²) in [5, 5.41) is 10.6. The largest absolute Gasteiger partial charge is 0.492 e. The molecule has 7 heteroatoms. The zero-order chi connectivity index (χ0) is 19.5. The van der Waals surface area contributed by atoms with E-state index in [-0.39, 0.29) is 10.6 Å². The van der Waals surface area contributed by atoms with Crippen LogP contribution < -0.4 is 4.74 Å². The monoisotopic (exact) mass is 416 g/mol. The normalized spacial score (nSPS) is 12.2. The van der Waals surface area contributed by atoms with Gasteiger partial charge in [0.25, 0.3) is 0 Å². The Bertz CT molecular complexity index is 887. The number of hydrogen-bond acceptors (Lipinski definition) is 4. The van der Waals surface area contributed by atoms with Crippen molar-refractivity contribution in [3.63, 3.8) is 0 Å². The van der Waals surface area contributed by atoms with Crippen molar-refractivity contribution >= 4 is 33.0 Å². The standard InChI is InChI=1S/C19H22Cl2O4S/c1-19(2,22)9-4-10-25-17-12-14(6-8-18(17)26(3,23)24)13-5-7-15(20)16(21)11-13/h5-8,11-12,22H,4,9-10H2,1-3H3. The number of hydrogen-bond donors (Lipinski definition) is 1. The minimum Gasteiger partial charge on any atom is -0.492 e. The summed E-state index contributed by atoms with van der Waals surface area (Å²) in [5.41, 5.74) is 0.791. The minimum atomic E-state index is -3.43. The van der Waals surface area contributed by atoms with Crippen LogP contribution in [0.25, 0.3) is 11.1 Å². The molecule has 1 N–H and O–H groups in total. The number of sulfone groups is 1. The van der Waals surface area contributed by atoms with Gasteiger partial charge in [0.2, 0.25) is 0 Å². The summed E-state index contributed by atoms with van der Waals surface area (Å²) in [6.07, 6.45) is 2.29. The van der Waals surface area contributed by atoms with Crippen molar-refractivity contribution in [2.75, 3.05) is 12.9 Å². The Morgan fingerprint density at radius 1 is 1.04 bits per heavy atom. The maximum atomic E-state index is 12.0. The second-order valence-electron chi connectivity index (χ2n) is 6.83. The molecule has 0 saturated heterocycles. The molecule has 0 atom stereocenters. The van der Waals surface area contributed by atoms with Gasteiger partial charge in [-0.05, 0) is 62.1 Å². The highest BCUT2D eigenvalue weighted by molar-refractivity contribution is 7.90. The van der Waals surface area contributed by atoms with Crippen LogP contribution in [0.3, 0.4) is 0 Å². The number of halogens is 2. The highest BCUT2D eigenvalue weighted by Crippen LogP contribution is 2.33. The summed E-state index contributed by atoms with van der Waals surface area (Å²) in [4.78, 5) is 0.129. The third-order valence-electron chi connectivity index (χ3n) is 3.79. The van der Waals surface area contributed by atoms with Gasteiger partial charge in [-0.15, -0.1) is 0 Å². The van der Waals surface area contributed by atoms with Crippen LogP contribution in [0.2, 0.25) is 10.0 Å². The number of rotatable bonds is 7. The first-order valence-corrected chi connectivity index (χ1v) is 10.8. The fraction of sp³-hybridized carbons (Fsp3) is 0.368. The van der Waals surface area contributed by atoms with E-state index in [9.17, 15) is 13.5 Å². The van der Waals surface area contributed by atoms with E-state index in [2.05, 4.69) is 0 Å². The van der Waals surface area contributed by atoms with Gasteiger partial charge in [-0.1, -0.05) is 35.3 Å². The molecule has 0 aliphatic heterocycles. The molecule has 0 aliphatic carbocycles. The molecule has 0 aliphatic rings. The first-order valence-electron chi connectivity index (χ1n) is 8.12. The molecule has 0 aromatic heterocycles. The van der Waals surface area contributed by atoms with Gasteiger partial charge in [0.05, 0.1) is 22.3 Å². The van der Waals surface area contributed by atoms with Gasteiger partial charge < -0.3 is 9.84 Å². The summed E-state index contributed by atoms with van der Waals surface area (Å²) in [7, 11) is -3.43. The Kier molecular flexibility index (Phi) is 6.61. The zero-order valence-corrected chi connectivity index (χ0v) is 17.2. The lowest BCUT2D eigenvalue weighted by Crippen LogP contribution is -2.19. The lowest BCUT2D eigenvalue weighted by Gasteiger charge is -2.17. The summed E-state index contributed by atoms with van der Waals surface area (Å²) in [5.74, 6) is 0.284. The molecule has 0 saturated carbocycles. The Morgan fingerprint density at radius 3 is 2.23 bits per heavy atom. The molecule has 0 radical (unpaired) electrons. The molecule has 2 aromatic carbocycles. The van der Waals surface area contributed by atoms with Crippen LogP contribution in [-0.4, -0.2) is 32.0 Å². The predicted octanol–water partition coefficient (Wildman–Crippen LogP) is 4.99. The summed E-state index contributed by atoms with van der Waals surface area (Å²) in [6, 6.07) is 10.1. The molecule has 0 spiro atoms. The van der Waals surface area contributed by atoms with Gasteiger partial charge in [0.1, 0.15) is 10.6 Å². The lowest BCUT2D eigenvalue weighted by atomic mass is 10.0. The highest BCUT2D eigenvalue weighted by atomic mass is 35.5. The number of aliphatic hydroxyl groups is 1. The van der Waals surface area contributed by atoms with Gasteiger partial charge >= 0.3 is 0 Å². The Hall–Kier alpha value is -1.27. The Labute approximate surface area is 164 Å². The van der Waals surface area contributed by atoms with Gasteiger partial charge in [0.15, 0.2) is 9.84 Å². The molecule has 2 rings (SSSR count). The maximum absolute atomic E-state index is 12.0. The van der Waals surface area contributed by atoms with E-state index in [1.165, 1.54) is 6.07 Å². The van der Waals surface area contributed by atoms with E-state index < -0.39 is 15.4 Å². The van der Waals surface area contributed by atoms with Crippen molar-refractivity contribution in [2.24, 2.45) is 0 Å². The van der Waals surface area contributed by atoms with E-state index in [1.54, 1.807) is 38.1 Å². The summed E-state index contributed by atoms with van der Waals surface area (Å²) < 4.78 is 29.8. The molecule has 0 unspecified atom stereocenters. The Morgan fingerprint density at radius 2 is 1.65 bits per heavy atom. The minimum absolute atomic E-state index is 0.129. The predicted molar refractivity (Wildman–Crippen MR) is 106 cm³/mol. The van der Waals surface area contributed by atoms with Gasteiger partial charge in [-0.25, -0.2) is 8.42 Å². The van der Waals surface area contributed by atoms with Crippen LogP contribution in [-0.2, 0) is 9.84 Å². The van der Waals surface area contributed by atoms with Crippen molar-refractivity contribution < 1.29 is 18.3 Å².